The van der Waals surface area contributed by atoms with Crippen LogP contribution in [0.1, 0.15) is 16.7 Å². The van der Waals surface area contributed by atoms with Crippen molar-refractivity contribution in [2.24, 2.45) is 0 Å². The summed E-state index contributed by atoms with van der Waals surface area (Å²) >= 11 is 6.69. The van der Waals surface area contributed by atoms with Crippen LogP contribution in [0.2, 0.25) is 0 Å². The summed E-state index contributed by atoms with van der Waals surface area (Å²) in [5.74, 6) is 0.689. The van der Waals surface area contributed by atoms with E-state index < -0.39 is 5.97 Å². The second-order valence-electron chi connectivity index (χ2n) is 7.69. The number of carbonyl (C=O) groups is 2. The predicted octanol–water partition coefficient (Wildman–Crippen LogP) is 5.72. The molecule has 182 valence electrons. The topological polar surface area (TPSA) is 65.1 Å². The summed E-state index contributed by atoms with van der Waals surface area (Å²) in [6.07, 6.45) is 4.75. The molecule has 0 atom stereocenters. The molecule has 8 heteroatoms. The molecule has 4 rings (SSSR count). The highest BCUT2D eigenvalue weighted by molar-refractivity contribution is 8.26. The molecule has 1 fully saturated rings. The number of benzene rings is 3. The number of esters is 1. The van der Waals surface area contributed by atoms with E-state index in [1.807, 2.05) is 54.6 Å². The molecule has 0 N–H and O–H groups in total. The normalized spacial score (nSPS) is 14.5. The lowest BCUT2D eigenvalue weighted by Crippen LogP contribution is -2.27. The van der Waals surface area contributed by atoms with Gasteiger partial charge in [-0.25, -0.2) is 4.79 Å². The highest BCUT2D eigenvalue weighted by Gasteiger charge is 2.32. The molecule has 1 aliphatic rings. The van der Waals surface area contributed by atoms with E-state index in [9.17, 15) is 9.59 Å². The smallest absolute Gasteiger partial charge is 0.336 e. The van der Waals surface area contributed by atoms with Crippen molar-refractivity contribution in [3.63, 3.8) is 0 Å². The van der Waals surface area contributed by atoms with Gasteiger partial charge in [-0.15, -0.1) is 0 Å². The fraction of sp³-hybridized carbons (Fsp3) is 0.107. The molecule has 3 aromatic carbocycles. The van der Waals surface area contributed by atoms with E-state index in [-0.39, 0.29) is 11.7 Å². The molecule has 6 nitrogen and oxygen atoms in total. The van der Waals surface area contributed by atoms with Crippen LogP contribution in [0.5, 0.6) is 17.2 Å². The molecule has 0 saturated carbocycles. The fourth-order valence-corrected chi connectivity index (χ4v) is 4.69. The summed E-state index contributed by atoms with van der Waals surface area (Å²) < 4.78 is 16.5. The van der Waals surface area contributed by atoms with E-state index in [2.05, 4.69) is 0 Å². The average molecular weight is 518 g/mol. The van der Waals surface area contributed by atoms with Crippen molar-refractivity contribution in [3.05, 3.63) is 100 Å². The highest BCUT2D eigenvalue weighted by atomic mass is 32.2. The van der Waals surface area contributed by atoms with Crippen LogP contribution >= 0.6 is 24.0 Å². The van der Waals surface area contributed by atoms with Crippen LogP contribution < -0.4 is 14.2 Å². The van der Waals surface area contributed by atoms with Crippen LogP contribution in [-0.2, 0) is 16.1 Å². The lowest BCUT2D eigenvalue weighted by Gasteiger charge is -2.14. The summed E-state index contributed by atoms with van der Waals surface area (Å²) in [6, 6.07) is 22.1. The maximum absolute atomic E-state index is 13.0. The van der Waals surface area contributed by atoms with Crippen LogP contribution in [0.25, 0.3) is 12.2 Å². The molecule has 0 radical (unpaired) electrons. The van der Waals surface area contributed by atoms with Gasteiger partial charge in [0.2, 0.25) is 0 Å². The summed E-state index contributed by atoms with van der Waals surface area (Å²) in [7, 11) is 3.08. The monoisotopic (exact) mass is 517 g/mol. The van der Waals surface area contributed by atoms with Crippen molar-refractivity contribution < 1.29 is 23.8 Å². The number of ether oxygens (including phenoxy) is 3. The van der Waals surface area contributed by atoms with Gasteiger partial charge in [0.1, 0.15) is 10.1 Å². The minimum atomic E-state index is -0.543. The first-order valence-corrected chi connectivity index (χ1v) is 12.2. The number of hydrogen-bond donors (Lipinski definition) is 0. The van der Waals surface area contributed by atoms with Gasteiger partial charge in [-0.3, -0.25) is 9.69 Å². The van der Waals surface area contributed by atoms with Gasteiger partial charge in [0, 0.05) is 6.08 Å². The van der Waals surface area contributed by atoms with Crippen LogP contribution in [0.4, 0.5) is 0 Å². The summed E-state index contributed by atoms with van der Waals surface area (Å²) in [5.41, 5.74) is 2.56. The van der Waals surface area contributed by atoms with Crippen molar-refractivity contribution in [1.29, 1.82) is 0 Å². The third-order valence-corrected chi connectivity index (χ3v) is 6.66. The van der Waals surface area contributed by atoms with Gasteiger partial charge in [-0.2, -0.15) is 0 Å². The molecule has 3 aromatic rings. The van der Waals surface area contributed by atoms with Gasteiger partial charge in [-0.1, -0.05) is 72.5 Å². The quantitative estimate of drug-likeness (QED) is 0.164. The number of carbonyl (C=O) groups excluding carboxylic acids is 2. The van der Waals surface area contributed by atoms with E-state index in [0.29, 0.717) is 21.5 Å². The van der Waals surface area contributed by atoms with Crippen molar-refractivity contribution in [2.75, 3.05) is 14.2 Å². The Kier molecular flexibility index (Phi) is 8.20. The third-order valence-electron chi connectivity index (χ3n) is 5.28. The number of rotatable bonds is 8. The van der Waals surface area contributed by atoms with E-state index in [1.165, 1.54) is 24.9 Å². The highest BCUT2D eigenvalue weighted by Crippen LogP contribution is 2.35. The molecule has 1 amide bonds. The van der Waals surface area contributed by atoms with Gasteiger partial charge in [-0.05, 0) is 53.1 Å². The molecular weight excluding hydrogens is 494 g/mol. The van der Waals surface area contributed by atoms with Gasteiger partial charge >= 0.3 is 5.97 Å². The van der Waals surface area contributed by atoms with Crippen LogP contribution in [0.15, 0.2) is 83.8 Å². The Balaban J connectivity index is 1.44. The summed E-state index contributed by atoms with van der Waals surface area (Å²) in [5, 5.41) is 0. The van der Waals surface area contributed by atoms with Gasteiger partial charge < -0.3 is 14.2 Å². The Hall–Kier alpha value is -3.88. The fourth-order valence-electron chi connectivity index (χ4n) is 3.43. The number of methoxy groups -OCH3 is 2. The van der Waals surface area contributed by atoms with Crippen molar-refractivity contribution in [1.82, 2.24) is 4.90 Å². The first-order valence-electron chi connectivity index (χ1n) is 11.0. The zero-order valence-corrected chi connectivity index (χ0v) is 21.3. The zero-order valence-electron chi connectivity index (χ0n) is 19.7. The average Bonchev–Trinajstić information content (AvgIpc) is 3.16. The molecule has 0 spiro atoms. The number of thiocarbonyl (C=S) groups is 1. The number of nitrogens with zero attached hydrogens (tertiary/aromatic N) is 1. The number of thioether (sulfide) groups is 1. The summed E-state index contributed by atoms with van der Waals surface area (Å²) in [4.78, 5) is 27.4. The molecule has 1 saturated heterocycles. The molecule has 0 bridgehead atoms. The standard InChI is InChI=1S/C28H23NO5S2/c1-32-22-12-8-19(9-13-22)11-15-26(30)34-23-14-10-21(16-24(23)33-2)17-25-27(31)29(28(35)36-25)18-20-6-4-3-5-7-20/h3-17H,18H2,1-2H3. The Bertz CT molecular complexity index is 1330. The third kappa shape index (κ3) is 6.21. The maximum atomic E-state index is 13.0. The number of amides is 1. The second-order valence-corrected chi connectivity index (χ2v) is 9.37. The summed E-state index contributed by atoms with van der Waals surface area (Å²) in [6.45, 7) is 0.422. The Morgan fingerprint density at radius 2 is 1.67 bits per heavy atom. The maximum Gasteiger partial charge on any atom is 0.336 e. The van der Waals surface area contributed by atoms with Gasteiger partial charge in [0.05, 0.1) is 25.7 Å². The lowest BCUT2D eigenvalue weighted by molar-refractivity contribution is -0.129. The van der Waals surface area contributed by atoms with Crippen molar-refractivity contribution >= 4 is 52.3 Å². The van der Waals surface area contributed by atoms with E-state index >= 15 is 0 Å². The molecule has 0 aromatic heterocycles. The van der Waals surface area contributed by atoms with Crippen molar-refractivity contribution in [3.8, 4) is 17.2 Å². The SMILES string of the molecule is COc1ccc(C=CC(=O)Oc2ccc(C=C3SC(=S)N(Cc4ccccc4)C3=O)cc2OC)cc1. The van der Waals surface area contributed by atoms with E-state index in [4.69, 9.17) is 26.4 Å². The minimum absolute atomic E-state index is 0.146. The zero-order chi connectivity index (χ0) is 25.5. The Labute approximate surface area is 219 Å². The molecule has 1 aliphatic heterocycles. The minimum Gasteiger partial charge on any atom is -0.497 e. The van der Waals surface area contributed by atoms with Crippen LogP contribution in [-0.4, -0.2) is 35.3 Å². The van der Waals surface area contributed by atoms with E-state index in [0.717, 1.165) is 22.4 Å². The van der Waals surface area contributed by atoms with Gasteiger partial charge in [0.25, 0.3) is 5.91 Å². The van der Waals surface area contributed by atoms with E-state index in [1.54, 1.807) is 42.4 Å². The lowest BCUT2D eigenvalue weighted by atomic mass is 10.1. The Morgan fingerprint density at radius 3 is 2.36 bits per heavy atom. The van der Waals surface area contributed by atoms with Crippen LogP contribution in [0, 0.1) is 0 Å². The molecule has 36 heavy (non-hydrogen) atoms. The molecule has 0 aliphatic carbocycles. The first-order chi connectivity index (χ1) is 17.5. The second kappa shape index (κ2) is 11.7. The molecular formula is C28H23NO5S2. The first kappa shape index (κ1) is 25.2. The molecule has 0 unspecified atom stereocenters. The Morgan fingerprint density at radius 1 is 0.944 bits per heavy atom. The largest absolute Gasteiger partial charge is 0.497 e. The molecule has 1 heterocycles. The number of hydrogen-bond acceptors (Lipinski definition) is 7. The predicted molar refractivity (Wildman–Crippen MR) is 146 cm³/mol. The van der Waals surface area contributed by atoms with Gasteiger partial charge in [0.15, 0.2) is 11.5 Å². The van der Waals surface area contributed by atoms with Crippen molar-refractivity contribution in [2.45, 2.75) is 6.54 Å². The van der Waals surface area contributed by atoms with Crippen LogP contribution in [0.3, 0.4) is 0 Å².